The second-order valence-corrected chi connectivity index (χ2v) is 6.38. The monoisotopic (exact) mass is 305 g/mol. The number of aliphatic hydroxyl groups excluding tert-OH is 1. The fourth-order valence-electron chi connectivity index (χ4n) is 3.02. The number of anilines is 1. The van der Waals surface area contributed by atoms with Gasteiger partial charge in [0.15, 0.2) is 0 Å². The van der Waals surface area contributed by atoms with E-state index in [1.54, 1.807) is 0 Å². The maximum atomic E-state index is 9.11. The van der Waals surface area contributed by atoms with Crippen LogP contribution in [0.1, 0.15) is 25.8 Å². The molecule has 1 saturated heterocycles. The molecule has 0 radical (unpaired) electrons. The first-order chi connectivity index (χ1) is 10.7. The van der Waals surface area contributed by atoms with E-state index in [4.69, 9.17) is 5.11 Å². The van der Waals surface area contributed by atoms with Crippen molar-refractivity contribution in [2.24, 2.45) is 5.92 Å². The second kappa shape index (κ2) is 9.13. The van der Waals surface area contributed by atoms with Crippen LogP contribution in [0.25, 0.3) is 0 Å². The number of hydrogen-bond acceptors (Lipinski definition) is 4. The third kappa shape index (κ3) is 4.97. The molecule has 1 aliphatic rings. The van der Waals surface area contributed by atoms with Gasteiger partial charge in [0.25, 0.3) is 0 Å². The van der Waals surface area contributed by atoms with Crippen LogP contribution in [0.5, 0.6) is 0 Å². The van der Waals surface area contributed by atoms with Gasteiger partial charge in [-0.25, -0.2) is 0 Å². The summed E-state index contributed by atoms with van der Waals surface area (Å²) in [7, 11) is 0. The summed E-state index contributed by atoms with van der Waals surface area (Å²) in [6, 6.07) is 8.70. The van der Waals surface area contributed by atoms with Crippen LogP contribution in [0, 0.1) is 5.92 Å². The molecule has 1 aliphatic heterocycles. The second-order valence-electron chi connectivity index (χ2n) is 6.38. The predicted octanol–water partition coefficient (Wildman–Crippen LogP) is 1.94. The Balaban J connectivity index is 1.91. The van der Waals surface area contributed by atoms with Crippen molar-refractivity contribution in [2.45, 2.75) is 26.8 Å². The summed E-state index contributed by atoms with van der Waals surface area (Å²) in [6.45, 7) is 12.1. The van der Waals surface area contributed by atoms with Crippen molar-refractivity contribution in [1.82, 2.24) is 10.2 Å². The number of rotatable bonds is 8. The molecule has 0 aromatic heterocycles. The number of piperazine rings is 1. The molecule has 0 aliphatic carbocycles. The predicted molar refractivity (Wildman–Crippen MR) is 93.3 cm³/mol. The number of nitrogens with zero attached hydrogens (tertiary/aromatic N) is 2. The lowest BCUT2D eigenvalue weighted by atomic mass is 10.1. The van der Waals surface area contributed by atoms with Gasteiger partial charge >= 0.3 is 0 Å². The molecule has 1 aromatic carbocycles. The Bertz CT molecular complexity index is 430. The molecule has 22 heavy (non-hydrogen) atoms. The van der Waals surface area contributed by atoms with Crippen LogP contribution < -0.4 is 10.2 Å². The highest BCUT2D eigenvalue weighted by Gasteiger charge is 2.18. The minimum Gasteiger partial charge on any atom is -0.396 e. The smallest absolute Gasteiger partial charge is 0.0468 e. The van der Waals surface area contributed by atoms with E-state index >= 15 is 0 Å². The van der Waals surface area contributed by atoms with Gasteiger partial charge in [0.1, 0.15) is 0 Å². The first-order valence-corrected chi connectivity index (χ1v) is 8.61. The molecule has 2 rings (SSSR count). The zero-order chi connectivity index (χ0) is 15.8. The van der Waals surface area contributed by atoms with E-state index in [-0.39, 0.29) is 6.61 Å². The molecule has 4 heteroatoms. The van der Waals surface area contributed by atoms with Gasteiger partial charge < -0.3 is 15.3 Å². The maximum Gasteiger partial charge on any atom is 0.0468 e. The van der Waals surface area contributed by atoms with E-state index in [0.29, 0.717) is 5.92 Å². The number of nitrogens with one attached hydrogen (secondary N) is 1. The van der Waals surface area contributed by atoms with Gasteiger partial charge in [-0.15, -0.1) is 0 Å². The lowest BCUT2D eigenvalue weighted by molar-refractivity contribution is 0.233. The van der Waals surface area contributed by atoms with E-state index in [0.717, 1.165) is 39.3 Å². The average molecular weight is 305 g/mol. The molecule has 124 valence electrons. The van der Waals surface area contributed by atoms with Crippen LogP contribution in [-0.2, 0) is 6.54 Å². The molecule has 1 fully saturated rings. The Morgan fingerprint density at radius 3 is 2.59 bits per heavy atom. The van der Waals surface area contributed by atoms with Gasteiger partial charge in [0.05, 0.1) is 0 Å². The number of para-hydroxylation sites is 1. The summed E-state index contributed by atoms with van der Waals surface area (Å²) in [4.78, 5) is 5.07. The molecule has 4 nitrogen and oxygen atoms in total. The van der Waals surface area contributed by atoms with Crippen LogP contribution in [0.15, 0.2) is 24.3 Å². The molecule has 1 heterocycles. The molecular formula is C18H31N3O. The molecule has 1 aromatic rings. The van der Waals surface area contributed by atoms with Crippen molar-refractivity contribution in [2.75, 3.05) is 50.8 Å². The third-order valence-corrected chi connectivity index (χ3v) is 4.36. The van der Waals surface area contributed by atoms with Crippen molar-refractivity contribution < 1.29 is 5.11 Å². The summed E-state index contributed by atoms with van der Waals surface area (Å²) in [5.41, 5.74) is 2.72. The normalized spacial score (nSPS) is 17.7. The maximum absolute atomic E-state index is 9.11. The highest BCUT2D eigenvalue weighted by Crippen LogP contribution is 2.22. The van der Waals surface area contributed by atoms with Crippen molar-refractivity contribution >= 4 is 5.69 Å². The summed E-state index contributed by atoms with van der Waals surface area (Å²) in [6.07, 6.45) is 1.24. The van der Waals surface area contributed by atoms with Gasteiger partial charge in [-0.05, 0) is 30.5 Å². The summed E-state index contributed by atoms with van der Waals surface area (Å²) in [5, 5.41) is 12.6. The lowest BCUT2D eigenvalue weighted by Crippen LogP contribution is -2.46. The van der Waals surface area contributed by atoms with Gasteiger partial charge in [-0.2, -0.15) is 0 Å². The fraction of sp³-hybridized carbons (Fsp3) is 0.667. The highest BCUT2D eigenvalue weighted by molar-refractivity contribution is 5.54. The zero-order valence-electron chi connectivity index (χ0n) is 14.1. The van der Waals surface area contributed by atoms with Crippen molar-refractivity contribution in [1.29, 1.82) is 0 Å². The van der Waals surface area contributed by atoms with Crippen molar-refractivity contribution in [3.63, 3.8) is 0 Å². The molecule has 0 bridgehead atoms. The van der Waals surface area contributed by atoms with Crippen LogP contribution in [0.3, 0.4) is 0 Å². The zero-order valence-corrected chi connectivity index (χ0v) is 14.1. The minimum atomic E-state index is 0.244. The van der Waals surface area contributed by atoms with E-state index in [1.807, 2.05) is 0 Å². The molecule has 2 N–H and O–H groups in total. The number of benzene rings is 1. The van der Waals surface area contributed by atoms with Crippen LogP contribution >= 0.6 is 0 Å². The van der Waals surface area contributed by atoms with Crippen LogP contribution in [-0.4, -0.2) is 55.9 Å². The Hall–Kier alpha value is -1.10. The topological polar surface area (TPSA) is 38.7 Å². The average Bonchev–Trinajstić information content (AvgIpc) is 2.56. The fourth-order valence-corrected chi connectivity index (χ4v) is 3.02. The Kier molecular flexibility index (Phi) is 7.16. The Labute approximate surface area is 135 Å². The van der Waals surface area contributed by atoms with E-state index in [1.165, 1.54) is 24.2 Å². The van der Waals surface area contributed by atoms with Gasteiger partial charge in [0.2, 0.25) is 0 Å². The minimum absolute atomic E-state index is 0.244. The molecule has 1 unspecified atom stereocenters. The largest absolute Gasteiger partial charge is 0.396 e. The Morgan fingerprint density at radius 2 is 1.91 bits per heavy atom. The quantitative estimate of drug-likeness (QED) is 0.770. The van der Waals surface area contributed by atoms with Crippen molar-refractivity contribution in [3.8, 4) is 0 Å². The number of aliphatic hydroxyl groups is 1. The van der Waals surface area contributed by atoms with Gasteiger partial charge in [-0.3, -0.25) is 4.90 Å². The highest BCUT2D eigenvalue weighted by atomic mass is 16.3. The van der Waals surface area contributed by atoms with Gasteiger partial charge in [0, 0.05) is 51.6 Å². The molecule has 0 saturated carbocycles. The number of hydrogen-bond donors (Lipinski definition) is 2. The van der Waals surface area contributed by atoms with Gasteiger partial charge in [-0.1, -0.05) is 32.0 Å². The summed E-state index contributed by atoms with van der Waals surface area (Å²) >= 11 is 0. The SMILES string of the molecule is CCCN1CCN(c2ccccc2CNCC(C)CO)CC1. The standard InChI is InChI=1S/C18H31N3O/c1-3-8-20-9-11-21(12-10-20)18-7-5-4-6-17(18)14-19-13-16(2)15-22/h4-7,16,19,22H,3,8-15H2,1-2H3. The van der Waals surface area contributed by atoms with Crippen LogP contribution in [0.2, 0.25) is 0 Å². The van der Waals surface area contributed by atoms with Crippen LogP contribution in [0.4, 0.5) is 5.69 Å². The summed E-state index contributed by atoms with van der Waals surface area (Å²) < 4.78 is 0. The van der Waals surface area contributed by atoms with Crippen molar-refractivity contribution in [3.05, 3.63) is 29.8 Å². The molecule has 0 amide bonds. The van der Waals surface area contributed by atoms with E-state index < -0.39 is 0 Å². The molecular weight excluding hydrogens is 274 g/mol. The first-order valence-electron chi connectivity index (χ1n) is 8.61. The molecule has 1 atom stereocenters. The Morgan fingerprint density at radius 1 is 1.18 bits per heavy atom. The molecule has 0 spiro atoms. The van der Waals surface area contributed by atoms with E-state index in [2.05, 4.69) is 53.2 Å². The lowest BCUT2D eigenvalue weighted by Gasteiger charge is -2.37. The first kappa shape index (κ1) is 17.3. The summed E-state index contributed by atoms with van der Waals surface area (Å²) in [5.74, 6) is 0.310. The third-order valence-electron chi connectivity index (χ3n) is 4.36. The van der Waals surface area contributed by atoms with E-state index in [9.17, 15) is 0 Å².